The van der Waals surface area contributed by atoms with Gasteiger partial charge in [0.05, 0.1) is 34.2 Å². The van der Waals surface area contributed by atoms with E-state index >= 15 is 0 Å². The number of carbonyl (C=O) groups is 1. The third kappa shape index (κ3) is 4.52. The van der Waals surface area contributed by atoms with Crippen molar-refractivity contribution in [2.24, 2.45) is 11.8 Å². The molecule has 2 N–H and O–H groups in total. The molecule has 10 heteroatoms. The van der Waals surface area contributed by atoms with Gasteiger partial charge in [0.15, 0.2) is 5.01 Å². The first-order valence-electron chi connectivity index (χ1n) is 13.2. The van der Waals surface area contributed by atoms with E-state index in [2.05, 4.69) is 45.8 Å². The van der Waals surface area contributed by atoms with Gasteiger partial charge in [0.2, 0.25) is 5.91 Å². The van der Waals surface area contributed by atoms with Crippen LogP contribution in [0.1, 0.15) is 62.9 Å². The molecule has 0 spiro atoms. The summed E-state index contributed by atoms with van der Waals surface area (Å²) in [6, 6.07) is 10.4. The van der Waals surface area contributed by atoms with Crippen molar-refractivity contribution in [2.45, 2.75) is 64.5 Å². The van der Waals surface area contributed by atoms with Gasteiger partial charge in [0, 0.05) is 36.8 Å². The van der Waals surface area contributed by atoms with Crippen LogP contribution >= 0.6 is 11.3 Å². The molecule has 0 aromatic carbocycles. The number of fused-ring (bicyclic) bond motifs is 3. The van der Waals surface area contributed by atoms with E-state index in [1.54, 1.807) is 29.0 Å². The molecule has 0 radical (unpaired) electrons. The highest BCUT2D eigenvalue weighted by Crippen LogP contribution is 2.49. The fraction of sp³-hybridized carbons (Fsp3) is 0.429. The van der Waals surface area contributed by atoms with E-state index in [1.165, 1.54) is 12.8 Å². The van der Waals surface area contributed by atoms with E-state index in [0.29, 0.717) is 29.4 Å². The van der Waals surface area contributed by atoms with Crippen LogP contribution in [0.4, 0.5) is 5.69 Å². The molecular formula is C28H30N8OS. The average molecular weight is 527 g/mol. The zero-order chi connectivity index (χ0) is 26.4. The van der Waals surface area contributed by atoms with E-state index in [0.717, 1.165) is 51.0 Å². The van der Waals surface area contributed by atoms with Crippen molar-refractivity contribution in [3.05, 3.63) is 47.2 Å². The Balaban J connectivity index is 1.29. The van der Waals surface area contributed by atoms with Crippen molar-refractivity contribution in [3.8, 4) is 28.0 Å². The lowest BCUT2D eigenvalue weighted by atomic mass is 9.77. The zero-order valence-corrected chi connectivity index (χ0v) is 22.5. The zero-order valence-electron chi connectivity index (χ0n) is 21.7. The Morgan fingerprint density at radius 1 is 1.16 bits per heavy atom. The largest absolute Gasteiger partial charge is 0.382 e. The Morgan fingerprint density at radius 2 is 1.95 bits per heavy atom. The number of aromatic nitrogens is 5. The first-order chi connectivity index (χ1) is 18.4. The van der Waals surface area contributed by atoms with Crippen LogP contribution in [0.3, 0.4) is 0 Å². The van der Waals surface area contributed by atoms with Crippen LogP contribution in [-0.4, -0.2) is 42.8 Å². The average Bonchev–Trinajstić information content (AvgIpc) is 3.59. The maximum absolute atomic E-state index is 11.7. The van der Waals surface area contributed by atoms with Crippen molar-refractivity contribution < 1.29 is 4.79 Å². The predicted molar refractivity (Wildman–Crippen MR) is 147 cm³/mol. The normalized spacial score (nSPS) is 22.5. The summed E-state index contributed by atoms with van der Waals surface area (Å²) in [5, 5.41) is 31.6. The number of hydrogen-bond acceptors (Lipinski definition) is 8. The van der Waals surface area contributed by atoms with E-state index in [1.807, 2.05) is 30.5 Å². The number of carbonyl (C=O) groups excluding carboxylic acids is 1. The molecule has 194 valence electrons. The number of nitrogens with one attached hydrogen (secondary N) is 2. The molecule has 6 rings (SSSR count). The van der Waals surface area contributed by atoms with Crippen LogP contribution in [0.15, 0.2) is 36.7 Å². The van der Waals surface area contributed by atoms with Gasteiger partial charge in [-0.25, -0.2) is 4.52 Å². The molecule has 2 saturated carbocycles. The quantitative estimate of drug-likeness (QED) is 0.362. The Labute approximate surface area is 225 Å². The first-order valence-corrected chi connectivity index (χ1v) is 14.0. The molecule has 4 atom stereocenters. The summed E-state index contributed by atoms with van der Waals surface area (Å²) in [6.07, 6.45) is 7.87. The number of hydrogen-bond donors (Lipinski definition) is 2. The van der Waals surface area contributed by atoms with Gasteiger partial charge in [-0.15, -0.1) is 10.2 Å². The minimum absolute atomic E-state index is 0.0699. The molecule has 9 nitrogen and oxygen atoms in total. The molecule has 4 aromatic heterocycles. The minimum atomic E-state index is 0.0699. The topological polar surface area (TPSA) is 121 Å². The summed E-state index contributed by atoms with van der Waals surface area (Å²) in [5.41, 5.74) is 4.89. The van der Waals surface area contributed by atoms with Crippen LogP contribution in [0.2, 0.25) is 0 Å². The van der Waals surface area contributed by atoms with E-state index < -0.39 is 0 Å². The fourth-order valence-electron chi connectivity index (χ4n) is 6.16. The summed E-state index contributed by atoms with van der Waals surface area (Å²) in [7, 11) is 0. The number of anilines is 1. The van der Waals surface area contributed by atoms with Gasteiger partial charge in [0.25, 0.3) is 0 Å². The SMILES string of the molecule is CC(=O)NC1[C@@H]2CC[C@H]1CC(c1nnc(-c3cnc(-c4ccc5cc(C#N)cnn45)cc3NC(C)C)s1)C2. The molecule has 4 heterocycles. The van der Waals surface area contributed by atoms with Gasteiger partial charge < -0.3 is 10.6 Å². The predicted octanol–water partition coefficient (Wildman–Crippen LogP) is 5.02. The smallest absolute Gasteiger partial charge is 0.217 e. The summed E-state index contributed by atoms with van der Waals surface area (Å²) < 4.78 is 1.80. The lowest BCUT2D eigenvalue weighted by Crippen LogP contribution is -2.43. The summed E-state index contributed by atoms with van der Waals surface area (Å²) in [4.78, 5) is 16.5. The third-order valence-corrected chi connectivity index (χ3v) is 8.85. The Morgan fingerprint density at radius 3 is 2.66 bits per heavy atom. The monoisotopic (exact) mass is 526 g/mol. The number of pyridine rings is 1. The van der Waals surface area contributed by atoms with Gasteiger partial charge in [0.1, 0.15) is 11.1 Å². The Bertz CT molecular complexity index is 1540. The van der Waals surface area contributed by atoms with E-state index in [4.69, 9.17) is 4.98 Å². The first kappa shape index (κ1) is 24.5. The lowest BCUT2D eigenvalue weighted by Gasteiger charge is -2.34. The maximum atomic E-state index is 11.7. The van der Waals surface area contributed by atoms with Crippen LogP contribution in [0.5, 0.6) is 0 Å². The van der Waals surface area contributed by atoms with Crippen molar-refractivity contribution >= 4 is 28.4 Å². The molecular weight excluding hydrogens is 496 g/mol. The molecule has 4 aromatic rings. The van der Waals surface area contributed by atoms with Crippen LogP contribution in [-0.2, 0) is 4.79 Å². The fourth-order valence-corrected chi connectivity index (χ4v) is 7.15. The molecule has 38 heavy (non-hydrogen) atoms. The third-order valence-electron chi connectivity index (χ3n) is 7.73. The van der Waals surface area contributed by atoms with Crippen molar-refractivity contribution in [2.75, 3.05) is 5.32 Å². The van der Waals surface area contributed by atoms with Gasteiger partial charge >= 0.3 is 0 Å². The van der Waals surface area contributed by atoms with Crippen molar-refractivity contribution in [3.63, 3.8) is 0 Å². The number of amides is 1. The van der Waals surface area contributed by atoms with Crippen LogP contribution < -0.4 is 10.6 Å². The molecule has 0 saturated heterocycles. The van der Waals surface area contributed by atoms with Gasteiger partial charge in [-0.3, -0.25) is 9.78 Å². The summed E-state index contributed by atoms with van der Waals surface area (Å²) >= 11 is 1.65. The van der Waals surface area contributed by atoms with E-state index in [-0.39, 0.29) is 11.9 Å². The van der Waals surface area contributed by atoms with Crippen LogP contribution in [0.25, 0.3) is 27.5 Å². The molecule has 0 aliphatic heterocycles. The molecule has 2 aliphatic carbocycles. The second-order valence-electron chi connectivity index (χ2n) is 10.8. The van der Waals surface area contributed by atoms with E-state index in [9.17, 15) is 10.1 Å². The maximum Gasteiger partial charge on any atom is 0.217 e. The minimum Gasteiger partial charge on any atom is -0.382 e. The van der Waals surface area contributed by atoms with Gasteiger partial charge in [-0.1, -0.05) is 11.3 Å². The lowest BCUT2D eigenvalue weighted by molar-refractivity contribution is -0.120. The van der Waals surface area contributed by atoms with Crippen LogP contribution in [0, 0.1) is 23.2 Å². The molecule has 2 aliphatic rings. The second kappa shape index (κ2) is 9.80. The van der Waals surface area contributed by atoms with Crippen molar-refractivity contribution in [1.29, 1.82) is 5.26 Å². The highest BCUT2D eigenvalue weighted by molar-refractivity contribution is 7.14. The standard InChI is InChI=1S/C28H30N8OS/c1-15(2)32-23-11-24(25-7-6-21-8-17(12-29)13-31-36(21)25)30-14-22(23)28-35-34-27(38-28)20-9-18-4-5-19(10-20)26(18)33-16(3)37/h6-8,11,13-15,18-20,26H,4-5,9-10H2,1-3H3,(H,30,32)(H,33,37)/t18-,19+,20?,26?. The van der Waals surface area contributed by atoms with Gasteiger partial charge in [-0.05, 0) is 75.6 Å². The summed E-state index contributed by atoms with van der Waals surface area (Å²) in [5.74, 6) is 1.49. The molecule has 2 unspecified atom stereocenters. The Kier molecular flexibility index (Phi) is 6.32. The van der Waals surface area contributed by atoms with Crippen molar-refractivity contribution in [1.82, 2.24) is 30.1 Å². The molecule has 2 bridgehead atoms. The summed E-state index contributed by atoms with van der Waals surface area (Å²) in [6.45, 7) is 5.83. The second-order valence-corrected chi connectivity index (χ2v) is 11.8. The highest BCUT2D eigenvalue weighted by atomic mass is 32.1. The molecule has 1 amide bonds. The number of nitrogens with zero attached hydrogens (tertiary/aromatic N) is 6. The number of nitriles is 1. The molecule has 2 fully saturated rings. The number of rotatable bonds is 6. The van der Waals surface area contributed by atoms with Gasteiger partial charge in [-0.2, -0.15) is 10.4 Å². The Hall–Kier alpha value is -3.84. The highest BCUT2D eigenvalue weighted by Gasteiger charge is 2.44.